The summed E-state index contributed by atoms with van der Waals surface area (Å²) in [5, 5.41) is 8.81. The summed E-state index contributed by atoms with van der Waals surface area (Å²) in [7, 11) is -1.90. The summed E-state index contributed by atoms with van der Waals surface area (Å²) in [6, 6.07) is 6.68. The summed E-state index contributed by atoms with van der Waals surface area (Å²) in [6.07, 6.45) is 0.237. The number of hydrogen-bond donors (Lipinski definition) is 4. The minimum atomic E-state index is -3.53. The van der Waals surface area contributed by atoms with E-state index in [4.69, 9.17) is 4.74 Å². The third-order valence-electron chi connectivity index (χ3n) is 3.58. The first-order valence-electron chi connectivity index (χ1n) is 9.51. The molecule has 0 atom stereocenters. The normalized spacial score (nSPS) is 12.0. The number of hydrogen-bond acceptors (Lipinski definition) is 5. The molecule has 0 saturated heterocycles. The van der Waals surface area contributed by atoms with Gasteiger partial charge in [0, 0.05) is 33.2 Å². The van der Waals surface area contributed by atoms with Gasteiger partial charge in [-0.05, 0) is 46.2 Å². The van der Waals surface area contributed by atoms with E-state index in [1.807, 2.05) is 27.7 Å². The number of alkyl carbamates (subject to hydrolysis) is 1. The maximum absolute atomic E-state index is 12.2. The molecule has 0 aromatic heterocycles. The topological polar surface area (TPSA) is 121 Å². The highest BCUT2D eigenvalue weighted by molar-refractivity contribution is 14.0. The number of benzene rings is 1. The number of nitrogens with zero attached hydrogens (tertiary/aromatic N) is 1. The molecule has 0 bridgehead atoms. The van der Waals surface area contributed by atoms with Crippen molar-refractivity contribution in [2.45, 2.75) is 44.6 Å². The maximum atomic E-state index is 12.2. The molecule has 0 aliphatic carbocycles. The Balaban J connectivity index is 0.00000841. The number of carbonyl (C=O) groups excluding carboxylic acids is 1. The smallest absolute Gasteiger partial charge is 0.407 e. The van der Waals surface area contributed by atoms with E-state index in [1.54, 1.807) is 31.3 Å². The molecule has 0 spiro atoms. The van der Waals surface area contributed by atoms with Gasteiger partial charge in [-0.25, -0.2) is 17.9 Å². The van der Waals surface area contributed by atoms with Crippen LogP contribution in [0.1, 0.15) is 32.8 Å². The van der Waals surface area contributed by atoms with Gasteiger partial charge in [-0.15, -0.1) is 24.0 Å². The highest BCUT2D eigenvalue weighted by atomic mass is 127. The van der Waals surface area contributed by atoms with E-state index in [2.05, 4.69) is 25.7 Å². The minimum absolute atomic E-state index is 0. The first-order chi connectivity index (χ1) is 13.5. The predicted molar refractivity (Wildman–Crippen MR) is 130 cm³/mol. The van der Waals surface area contributed by atoms with Gasteiger partial charge in [0.25, 0.3) is 0 Å². The van der Waals surface area contributed by atoms with Gasteiger partial charge in [0.15, 0.2) is 5.96 Å². The number of halogens is 1. The minimum Gasteiger partial charge on any atom is -0.444 e. The van der Waals surface area contributed by atoms with E-state index < -0.39 is 21.7 Å². The molecule has 0 aliphatic heterocycles. The summed E-state index contributed by atoms with van der Waals surface area (Å²) in [4.78, 5) is 15.9. The molecular formula is C19H34IN5O4S. The van der Waals surface area contributed by atoms with E-state index in [-0.39, 0.29) is 35.4 Å². The number of guanidine groups is 1. The molecule has 11 heteroatoms. The lowest BCUT2D eigenvalue weighted by molar-refractivity contribution is 0.0527. The lowest BCUT2D eigenvalue weighted by Gasteiger charge is -2.19. The molecule has 0 fully saturated rings. The number of rotatable bonds is 9. The summed E-state index contributed by atoms with van der Waals surface area (Å²) >= 11 is 0. The Bertz CT molecular complexity index is 777. The van der Waals surface area contributed by atoms with Gasteiger partial charge >= 0.3 is 6.09 Å². The average molecular weight is 555 g/mol. The largest absolute Gasteiger partial charge is 0.444 e. The van der Waals surface area contributed by atoms with Crippen LogP contribution in [0, 0.1) is 6.92 Å². The van der Waals surface area contributed by atoms with Crippen LogP contribution in [0.15, 0.2) is 34.2 Å². The van der Waals surface area contributed by atoms with E-state index >= 15 is 0 Å². The van der Waals surface area contributed by atoms with Gasteiger partial charge < -0.3 is 20.7 Å². The fourth-order valence-electron chi connectivity index (χ4n) is 2.19. The van der Waals surface area contributed by atoms with Crippen LogP contribution in [0.5, 0.6) is 0 Å². The first kappa shape index (κ1) is 28.4. The Hall–Kier alpha value is -1.60. The molecule has 1 aromatic rings. The van der Waals surface area contributed by atoms with Crippen molar-refractivity contribution < 1.29 is 17.9 Å². The Labute approximate surface area is 196 Å². The zero-order chi connectivity index (χ0) is 21.9. The van der Waals surface area contributed by atoms with Gasteiger partial charge in [0.1, 0.15) is 5.60 Å². The van der Waals surface area contributed by atoms with Gasteiger partial charge in [-0.3, -0.25) is 4.99 Å². The van der Waals surface area contributed by atoms with Crippen molar-refractivity contribution in [2.24, 2.45) is 4.99 Å². The number of aliphatic imine (C=N–C) groups is 1. The van der Waals surface area contributed by atoms with E-state index in [0.29, 0.717) is 32.0 Å². The van der Waals surface area contributed by atoms with Gasteiger partial charge in [0.05, 0.1) is 4.90 Å². The summed E-state index contributed by atoms with van der Waals surface area (Å²) in [5.74, 6) is 0.553. The van der Waals surface area contributed by atoms with Crippen molar-refractivity contribution in [3.05, 3.63) is 29.8 Å². The number of carbonyl (C=O) groups is 1. The lowest BCUT2D eigenvalue weighted by Crippen LogP contribution is -2.42. The van der Waals surface area contributed by atoms with Crippen LogP contribution >= 0.6 is 24.0 Å². The zero-order valence-electron chi connectivity index (χ0n) is 18.2. The Morgan fingerprint density at radius 3 is 2.13 bits per heavy atom. The molecule has 0 saturated carbocycles. The quantitative estimate of drug-likeness (QED) is 0.160. The lowest BCUT2D eigenvalue weighted by atomic mass is 10.2. The van der Waals surface area contributed by atoms with Crippen LogP contribution in [-0.4, -0.2) is 59.3 Å². The Morgan fingerprint density at radius 2 is 1.57 bits per heavy atom. The van der Waals surface area contributed by atoms with Crippen molar-refractivity contribution in [3.63, 3.8) is 0 Å². The van der Waals surface area contributed by atoms with Crippen LogP contribution < -0.4 is 20.7 Å². The van der Waals surface area contributed by atoms with E-state index in [1.165, 1.54) is 0 Å². The molecule has 1 rings (SSSR count). The fraction of sp³-hybridized carbons (Fsp3) is 0.579. The Kier molecular flexibility index (Phi) is 12.9. The van der Waals surface area contributed by atoms with Crippen LogP contribution in [0.25, 0.3) is 0 Å². The SMILES string of the molecule is CN=C(NCCCNC(=O)OC(C)(C)C)NCCNS(=O)(=O)c1ccc(C)cc1.I. The monoisotopic (exact) mass is 555 g/mol. The number of aryl methyl sites for hydroxylation is 1. The molecule has 172 valence electrons. The average Bonchev–Trinajstić information content (AvgIpc) is 2.62. The molecule has 4 N–H and O–H groups in total. The van der Waals surface area contributed by atoms with Crippen LogP contribution in [0.2, 0.25) is 0 Å². The van der Waals surface area contributed by atoms with Gasteiger partial charge in [0.2, 0.25) is 10.0 Å². The molecule has 0 unspecified atom stereocenters. The highest BCUT2D eigenvalue weighted by Crippen LogP contribution is 2.09. The molecule has 0 aliphatic rings. The van der Waals surface area contributed by atoms with Gasteiger partial charge in [-0.2, -0.15) is 0 Å². The molecule has 1 amide bonds. The van der Waals surface area contributed by atoms with Crippen LogP contribution in [0.4, 0.5) is 4.79 Å². The van der Waals surface area contributed by atoms with Crippen LogP contribution in [0.3, 0.4) is 0 Å². The summed E-state index contributed by atoms with van der Waals surface area (Å²) in [6.45, 7) is 8.98. The second-order valence-electron chi connectivity index (χ2n) is 7.42. The zero-order valence-corrected chi connectivity index (χ0v) is 21.4. The van der Waals surface area contributed by atoms with Crippen molar-refractivity contribution in [1.29, 1.82) is 0 Å². The third kappa shape index (κ3) is 12.2. The van der Waals surface area contributed by atoms with E-state index in [9.17, 15) is 13.2 Å². The number of amides is 1. The van der Waals surface area contributed by atoms with Crippen molar-refractivity contribution in [3.8, 4) is 0 Å². The molecule has 0 radical (unpaired) electrons. The van der Waals surface area contributed by atoms with E-state index in [0.717, 1.165) is 5.56 Å². The molecule has 30 heavy (non-hydrogen) atoms. The molecule has 1 aromatic carbocycles. The first-order valence-corrected chi connectivity index (χ1v) is 11.0. The third-order valence-corrected chi connectivity index (χ3v) is 5.06. The van der Waals surface area contributed by atoms with Crippen molar-refractivity contribution in [2.75, 3.05) is 33.2 Å². The number of nitrogens with one attached hydrogen (secondary N) is 4. The molecule has 9 nitrogen and oxygen atoms in total. The van der Waals surface area contributed by atoms with Gasteiger partial charge in [-0.1, -0.05) is 17.7 Å². The summed E-state index contributed by atoms with van der Waals surface area (Å²) < 4.78 is 32.1. The second kappa shape index (κ2) is 13.7. The van der Waals surface area contributed by atoms with Crippen molar-refractivity contribution >= 4 is 46.1 Å². The molecular weight excluding hydrogens is 521 g/mol. The summed E-state index contributed by atoms with van der Waals surface area (Å²) in [5.41, 5.74) is 0.483. The fourth-order valence-corrected chi connectivity index (χ4v) is 3.22. The molecule has 0 heterocycles. The second-order valence-corrected chi connectivity index (χ2v) is 9.19. The predicted octanol–water partition coefficient (Wildman–Crippen LogP) is 1.97. The number of ether oxygens (including phenoxy) is 1. The van der Waals surface area contributed by atoms with Crippen molar-refractivity contribution in [1.82, 2.24) is 20.7 Å². The number of sulfonamides is 1. The standard InChI is InChI=1S/C19H33N5O4S.HI/c1-15-7-9-16(10-8-15)29(26,27)24-14-13-22-17(20-5)21-11-6-12-23-18(25)28-19(2,3)4;/h7-10,24H,6,11-14H2,1-5H3,(H,23,25)(H2,20,21,22);1H. The highest BCUT2D eigenvalue weighted by Gasteiger charge is 2.15. The van der Waals surface area contributed by atoms with Crippen LogP contribution in [-0.2, 0) is 14.8 Å². The Morgan fingerprint density at radius 1 is 1.00 bits per heavy atom. The maximum Gasteiger partial charge on any atom is 0.407 e.